The second kappa shape index (κ2) is 8.03. The Morgan fingerprint density at radius 3 is 2.58 bits per heavy atom. The fourth-order valence-corrected chi connectivity index (χ4v) is 2.96. The lowest BCUT2D eigenvalue weighted by Gasteiger charge is -2.20. The van der Waals surface area contributed by atoms with Crippen LogP contribution in [0.2, 0.25) is 0 Å². The molecule has 0 aliphatic rings. The largest absolute Gasteiger partial charge is 0.351 e. The number of rotatable bonds is 7. The molecule has 6 nitrogen and oxygen atoms in total. The minimum absolute atomic E-state index is 0.167. The smallest absolute Gasteiger partial charge is 0.235 e. The fraction of sp³-hybridized carbons (Fsp3) is 0.294. The Labute approximate surface area is 142 Å². The van der Waals surface area contributed by atoms with E-state index in [0.717, 1.165) is 22.9 Å². The summed E-state index contributed by atoms with van der Waals surface area (Å²) in [6.07, 6.45) is 4.41. The van der Waals surface area contributed by atoms with Crippen LogP contribution in [0, 0.1) is 6.92 Å². The third-order valence-corrected chi connectivity index (χ3v) is 4.64. The van der Waals surface area contributed by atoms with Gasteiger partial charge < -0.3 is 5.32 Å². The van der Waals surface area contributed by atoms with Crippen molar-refractivity contribution in [1.29, 1.82) is 0 Å². The molecule has 7 heteroatoms. The van der Waals surface area contributed by atoms with E-state index in [1.165, 1.54) is 4.31 Å². The third-order valence-electron chi connectivity index (χ3n) is 3.44. The van der Waals surface area contributed by atoms with Gasteiger partial charge in [0.1, 0.15) is 0 Å². The van der Waals surface area contributed by atoms with Crippen LogP contribution in [0.25, 0.3) is 0 Å². The Kier molecular flexibility index (Phi) is 6.05. The Morgan fingerprint density at radius 2 is 1.96 bits per heavy atom. The molecule has 0 saturated heterocycles. The predicted molar refractivity (Wildman–Crippen MR) is 92.5 cm³/mol. The lowest BCUT2D eigenvalue weighted by molar-refractivity contribution is -0.121. The monoisotopic (exact) mass is 347 g/mol. The Balaban J connectivity index is 1.99. The maximum Gasteiger partial charge on any atom is 0.235 e. The van der Waals surface area contributed by atoms with Crippen molar-refractivity contribution in [2.24, 2.45) is 0 Å². The standard InChI is InChI=1S/C17H21N3O3S/c1-14-5-3-6-15(9-14)12-20(24(2,22)23)13-17(21)19-11-16-7-4-8-18-10-16/h3-10H,11-13H2,1-2H3,(H,19,21). The van der Waals surface area contributed by atoms with Crippen LogP contribution in [0.15, 0.2) is 48.8 Å². The van der Waals surface area contributed by atoms with Crippen molar-refractivity contribution in [2.45, 2.75) is 20.0 Å². The van der Waals surface area contributed by atoms with Crippen molar-refractivity contribution < 1.29 is 13.2 Å². The van der Waals surface area contributed by atoms with Gasteiger partial charge in [-0.3, -0.25) is 9.78 Å². The van der Waals surface area contributed by atoms with Crippen LogP contribution in [0.4, 0.5) is 0 Å². The molecular weight excluding hydrogens is 326 g/mol. The van der Waals surface area contributed by atoms with Gasteiger partial charge in [-0.25, -0.2) is 8.42 Å². The summed E-state index contributed by atoms with van der Waals surface area (Å²) >= 11 is 0. The zero-order valence-electron chi connectivity index (χ0n) is 13.8. The van der Waals surface area contributed by atoms with Gasteiger partial charge in [0.15, 0.2) is 0 Å². The molecule has 0 bridgehead atoms. The first-order valence-corrected chi connectivity index (χ1v) is 9.36. The lowest BCUT2D eigenvalue weighted by atomic mass is 10.1. The van der Waals surface area contributed by atoms with Crippen molar-refractivity contribution in [2.75, 3.05) is 12.8 Å². The number of amides is 1. The molecule has 0 unspecified atom stereocenters. The first kappa shape index (κ1) is 18.1. The molecule has 0 saturated carbocycles. The minimum atomic E-state index is -3.49. The quantitative estimate of drug-likeness (QED) is 0.822. The Morgan fingerprint density at radius 1 is 1.21 bits per heavy atom. The zero-order chi connectivity index (χ0) is 17.6. The van der Waals surface area contributed by atoms with Crippen LogP contribution >= 0.6 is 0 Å². The maximum absolute atomic E-state index is 12.1. The van der Waals surface area contributed by atoms with E-state index in [9.17, 15) is 13.2 Å². The molecule has 1 heterocycles. The highest BCUT2D eigenvalue weighted by Crippen LogP contribution is 2.10. The van der Waals surface area contributed by atoms with Gasteiger partial charge >= 0.3 is 0 Å². The minimum Gasteiger partial charge on any atom is -0.351 e. The summed E-state index contributed by atoms with van der Waals surface area (Å²) < 4.78 is 25.1. The molecule has 0 aliphatic heterocycles. The second-order valence-corrected chi connectivity index (χ2v) is 7.64. The van der Waals surface area contributed by atoms with E-state index in [1.807, 2.05) is 37.3 Å². The van der Waals surface area contributed by atoms with Crippen molar-refractivity contribution in [3.63, 3.8) is 0 Å². The summed E-state index contributed by atoms with van der Waals surface area (Å²) in [5.41, 5.74) is 2.75. The van der Waals surface area contributed by atoms with Crippen LogP contribution in [0.1, 0.15) is 16.7 Å². The average Bonchev–Trinajstić information content (AvgIpc) is 2.52. The van der Waals surface area contributed by atoms with Crippen LogP contribution in [-0.2, 0) is 27.9 Å². The number of aromatic nitrogens is 1. The number of sulfonamides is 1. The number of nitrogens with zero attached hydrogens (tertiary/aromatic N) is 2. The summed E-state index contributed by atoms with van der Waals surface area (Å²) in [4.78, 5) is 16.1. The van der Waals surface area contributed by atoms with Gasteiger partial charge in [-0.2, -0.15) is 4.31 Å². The number of pyridine rings is 1. The van der Waals surface area contributed by atoms with Crippen molar-refractivity contribution in [1.82, 2.24) is 14.6 Å². The molecule has 0 spiro atoms. The van der Waals surface area contributed by atoms with Gasteiger partial charge in [-0.15, -0.1) is 0 Å². The molecule has 1 aromatic carbocycles. The summed E-state index contributed by atoms with van der Waals surface area (Å²) in [6.45, 7) is 2.21. The van der Waals surface area contributed by atoms with E-state index in [1.54, 1.807) is 18.5 Å². The number of aryl methyl sites for hydroxylation is 1. The molecule has 24 heavy (non-hydrogen) atoms. The molecule has 128 valence electrons. The normalized spacial score (nSPS) is 11.5. The number of benzene rings is 1. The molecule has 0 atom stereocenters. The van der Waals surface area contributed by atoms with Crippen molar-refractivity contribution in [3.8, 4) is 0 Å². The van der Waals surface area contributed by atoms with Gasteiger partial charge in [0.25, 0.3) is 0 Å². The van der Waals surface area contributed by atoms with Crippen LogP contribution in [0.3, 0.4) is 0 Å². The number of hydrogen-bond acceptors (Lipinski definition) is 4. The summed E-state index contributed by atoms with van der Waals surface area (Å²) in [7, 11) is -3.49. The van der Waals surface area contributed by atoms with E-state index >= 15 is 0 Å². The maximum atomic E-state index is 12.1. The molecule has 1 aromatic heterocycles. The molecule has 2 aromatic rings. The molecule has 1 N–H and O–H groups in total. The number of hydrogen-bond donors (Lipinski definition) is 1. The number of nitrogens with one attached hydrogen (secondary N) is 1. The zero-order valence-corrected chi connectivity index (χ0v) is 14.6. The molecule has 2 rings (SSSR count). The van der Waals surface area contributed by atoms with E-state index in [4.69, 9.17) is 0 Å². The van der Waals surface area contributed by atoms with Gasteiger partial charge in [-0.1, -0.05) is 35.9 Å². The van der Waals surface area contributed by atoms with E-state index < -0.39 is 10.0 Å². The SMILES string of the molecule is Cc1cccc(CN(CC(=O)NCc2cccnc2)S(C)(=O)=O)c1. The van der Waals surface area contributed by atoms with E-state index in [0.29, 0.717) is 6.54 Å². The van der Waals surface area contributed by atoms with Gasteiger partial charge in [0.05, 0.1) is 12.8 Å². The summed E-state index contributed by atoms with van der Waals surface area (Å²) in [6, 6.07) is 11.2. The third kappa shape index (κ3) is 5.75. The highest BCUT2D eigenvalue weighted by molar-refractivity contribution is 7.88. The summed E-state index contributed by atoms with van der Waals surface area (Å²) in [5, 5.41) is 2.71. The molecule has 0 fully saturated rings. The Hall–Kier alpha value is -2.25. The molecule has 0 radical (unpaired) electrons. The topological polar surface area (TPSA) is 79.4 Å². The first-order valence-electron chi connectivity index (χ1n) is 7.51. The Bertz CT molecular complexity index is 792. The highest BCUT2D eigenvalue weighted by Gasteiger charge is 2.20. The summed E-state index contributed by atoms with van der Waals surface area (Å²) in [5.74, 6) is -0.350. The van der Waals surface area contributed by atoms with Crippen LogP contribution < -0.4 is 5.32 Å². The van der Waals surface area contributed by atoms with Gasteiger partial charge in [0.2, 0.25) is 15.9 Å². The second-order valence-electron chi connectivity index (χ2n) is 5.66. The first-order chi connectivity index (χ1) is 11.3. The fourth-order valence-electron chi connectivity index (χ4n) is 2.22. The molecular formula is C17H21N3O3S. The lowest BCUT2D eigenvalue weighted by Crippen LogP contribution is -2.39. The number of carbonyl (C=O) groups excluding carboxylic acids is 1. The average molecular weight is 347 g/mol. The van der Waals surface area contributed by atoms with Crippen LogP contribution in [-0.4, -0.2) is 36.4 Å². The predicted octanol–water partition coefficient (Wildman–Crippen LogP) is 1.47. The van der Waals surface area contributed by atoms with Gasteiger partial charge in [0, 0.05) is 25.5 Å². The van der Waals surface area contributed by atoms with E-state index in [-0.39, 0.29) is 19.0 Å². The van der Waals surface area contributed by atoms with Crippen molar-refractivity contribution >= 4 is 15.9 Å². The highest BCUT2D eigenvalue weighted by atomic mass is 32.2. The van der Waals surface area contributed by atoms with Gasteiger partial charge in [-0.05, 0) is 24.1 Å². The number of carbonyl (C=O) groups is 1. The van der Waals surface area contributed by atoms with Crippen LogP contribution in [0.5, 0.6) is 0 Å². The van der Waals surface area contributed by atoms with Crippen molar-refractivity contribution in [3.05, 3.63) is 65.5 Å². The van der Waals surface area contributed by atoms with E-state index in [2.05, 4.69) is 10.3 Å². The molecule has 1 amide bonds. The molecule has 0 aliphatic carbocycles.